The predicted octanol–water partition coefficient (Wildman–Crippen LogP) is -0.257. The number of hydrogen-bond acceptors (Lipinski definition) is 3. The van der Waals surface area contributed by atoms with Crippen LogP contribution < -0.4 is 16.0 Å². The van der Waals surface area contributed by atoms with Crippen molar-refractivity contribution >= 4 is 22.9 Å². The van der Waals surface area contributed by atoms with Gasteiger partial charge in [-0.25, -0.2) is 7.58 Å². The largest absolute Gasteiger partial charge is 0.490 e. The van der Waals surface area contributed by atoms with Crippen LogP contribution in [0.5, 0.6) is 5.75 Å². The molecule has 0 unspecified atom stereocenters. The molecule has 0 fully saturated rings. The molecule has 60 valence electrons. The molecule has 1 aromatic heterocycles. The lowest BCUT2D eigenvalue weighted by Crippen LogP contribution is -2.25. The van der Waals surface area contributed by atoms with Crippen molar-refractivity contribution in [3.8, 4) is 5.75 Å². The number of halogens is 1. The van der Waals surface area contributed by atoms with Crippen molar-refractivity contribution in [1.29, 1.82) is 0 Å². The van der Waals surface area contributed by atoms with Gasteiger partial charge in [0.25, 0.3) is 5.56 Å². The summed E-state index contributed by atoms with van der Waals surface area (Å²) in [6.45, 7) is 0. The Morgan fingerprint density at radius 3 is 2.82 bits per heavy atom. The summed E-state index contributed by atoms with van der Waals surface area (Å²) < 4.78 is 5.88. The molecule has 1 rings (SSSR count). The minimum Gasteiger partial charge on any atom is -0.490 e. The van der Waals surface area contributed by atoms with Crippen LogP contribution in [0.15, 0.2) is 15.8 Å². The predicted molar refractivity (Wildman–Crippen MR) is 47.3 cm³/mol. The summed E-state index contributed by atoms with van der Waals surface area (Å²) in [5.74, 6) is 0.124. The highest BCUT2D eigenvalue weighted by atomic mass is 127. The van der Waals surface area contributed by atoms with Crippen LogP contribution in [0.25, 0.3) is 0 Å². The Bertz CT molecular complexity index is 367. The highest BCUT2D eigenvalue weighted by Gasteiger charge is 2.00. The summed E-state index contributed by atoms with van der Waals surface area (Å²) in [6.07, 6.45) is 1.32. The van der Waals surface area contributed by atoms with Gasteiger partial charge in [0.05, 0.1) is 36.2 Å². The molecule has 11 heavy (non-hydrogen) atoms. The van der Waals surface area contributed by atoms with E-state index >= 15 is 0 Å². The first-order valence-corrected chi connectivity index (χ1v) is 3.67. The Labute approximate surface area is 75.5 Å². The average Bonchev–Trinajstić information content (AvgIpc) is 1.97. The Hall–Kier alpha value is -0.790. The van der Waals surface area contributed by atoms with E-state index in [0.29, 0.717) is 0 Å². The minimum absolute atomic E-state index is 0.124. The fraction of sp³-hybridized carbons (Fsp3) is 0.200. The molecule has 0 spiro atoms. The SMILES string of the molecule is COc1cn(I)c(=O)[nH]c1=O. The van der Waals surface area contributed by atoms with Gasteiger partial charge in [0.15, 0.2) is 0 Å². The molecule has 0 aliphatic rings. The van der Waals surface area contributed by atoms with Crippen LogP contribution in [0.1, 0.15) is 0 Å². The van der Waals surface area contributed by atoms with Gasteiger partial charge in [-0.1, -0.05) is 0 Å². The summed E-state index contributed by atoms with van der Waals surface area (Å²) in [4.78, 5) is 23.7. The molecule has 0 atom stereocenters. The van der Waals surface area contributed by atoms with Crippen molar-refractivity contribution in [2.24, 2.45) is 0 Å². The maximum atomic E-state index is 10.8. The molecule has 1 N–H and O–H groups in total. The molecule has 0 aliphatic carbocycles. The maximum absolute atomic E-state index is 10.8. The second-order valence-corrected chi connectivity index (χ2v) is 2.81. The number of H-pyrrole nitrogens is 1. The van der Waals surface area contributed by atoms with Gasteiger partial charge in [-0.2, -0.15) is 0 Å². The van der Waals surface area contributed by atoms with E-state index in [9.17, 15) is 9.59 Å². The molecule has 1 aromatic rings. The molecular formula is C5H5IN2O3. The zero-order valence-corrected chi connectivity index (χ0v) is 7.78. The van der Waals surface area contributed by atoms with Gasteiger partial charge in [0.1, 0.15) is 0 Å². The number of aromatic nitrogens is 2. The average molecular weight is 268 g/mol. The third-order valence-corrected chi connectivity index (χ3v) is 1.81. The number of rotatable bonds is 1. The summed E-state index contributed by atoms with van der Waals surface area (Å²) in [7, 11) is 1.37. The Morgan fingerprint density at radius 2 is 2.27 bits per heavy atom. The maximum Gasteiger partial charge on any atom is 0.337 e. The molecule has 0 aliphatic heterocycles. The fourth-order valence-corrected chi connectivity index (χ4v) is 0.951. The molecule has 0 radical (unpaired) electrons. The van der Waals surface area contributed by atoms with Gasteiger partial charge in [-0.05, 0) is 0 Å². The number of methoxy groups -OCH3 is 1. The van der Waals surface area contributed by atoms with E-state index in [4.69, 9.17) is 0 Å². The quantitative estimate of drug-likeness (QED) is 0.714. The number of nitrogens with zero attached hydrogens (tertiary/aromatic N) is 1. The lowest BCUT2D eigenvalue weighted by Gasteiger charge is -1.97. The van der Waals surface area contributed by atoms with Gasteiger partial charge in [-0.3, -0.25) is 9.78 Å². The molecule has 1 heterocycles. The van der Waals surface area contributed by atoms with E-state index in [0.717, 1.165) is 0 Å². The van der Waals surface area contributed by atoms with Crippen LogP contribution in [-0.4, -0.2) is 14.9 Å². The first-order valence-electron chi connectivity index (χ1n) is 2.71. The first-order chi connectivity index (χ1) is 5.15. The topological polar surface area (TPSA) is 64.1 Å². The summed E-state index contributed by atoms with van der Waals surface area (Å²) in [6, 6.07) is 0. The summed E-state index contributed by atoms with van der Waals surface area (Å²) in [5.41, 5.74) is -0.971. The number of nitrogens with one attached hydrogen (secondary N) is 1. The van der Waals surface area contributed by atoms with Crippen LogP contribution in [0.2, 0.25) is 0 Å². The van der Waals surface area contributed by atoms with E-state index in [1.165, 1.54) is 16.1 Å². The lowest BCUT2D eigenvalue weighted by atomic mass is 10.6. The molecular weight excluding hydrogens is 263 g/mol. The van der Waals surface area contributed by atoms with Crippen LogP contribution in [0.4, 0.5) is 0 Å². The molecule has 5 nitrogen and oxygen atoms in total. The smallest absolute Gasteiger partial charge is 0.337 e. The van der Waals surface area contributed by atoms with Gasteiger partial charge >= 0.3 is 5.69 Å². The van der Waals surface area contributed by atoms with E-state index in [2.05, 4.69) is 9.72 Å². The second-order valence-electron chi connectivity index (χ2n) is 1.77. The van der Waals surface area contributed by atoms with Gasteiger partial charge in [0, 0.05) is 0 Å². The first kappa shape index (κ1) is 8.31. The molecule has 6 heteroatoms. The second kappa shape index (κ2) is 3.07. The number of ether oxygens (including phenoxy) is 1. The molecule has 0 saturated heterocycles. The molecule has 0 amide bonds. The zero-order valence-electron chi connectivity index (χ0n) is 5.63. The van der Waals surface area contributed by atoms with Crippen LogP contribution >= 0.6 is 22.9 Å². The van der Waals surface area contributed by atoms with Gasteiger partial charge in [-0.15, -0.1) is 0 Å². The highest BCUT2D eigenvalue weighted by Crippen LogP contribution is 1.98. The third kappa shape index (κ3) is 1.62. The van der Waals surface area contributed by atoms with E-state index in [1.54, 1.807) is 22.9 Å². The van der Waals surface area contributed by atoms with Gasteiger partial charge in [0.2, 0.25) is 5.75 Å². The standard InChI is InChI=1S/C5H5IN2O3/c1-11-3-2-8(6)5(10)7-4(3)9/h2H,1H3,(H,7,9,10). The Morgan fingerprint density at radius 1 is 1.64 bits per heavy atom. The normalized spacial score (nSPS) is 9.64. The van der Waals surface area contributed by atoms with Gasteiger partial charge < -0.3 is 4.74 Å². The van der Waals surface area contributed by atoms with E-state index in [1.807, 2.05) is 0 Å². The minimum atomic E-state index is -0.509. The van der Waals surface area contributed by atoms with Crippen molar-refractivity contribution < 1.29 is 4.74 Å². The van der Waals surface area contributed by atoms with Crippen LogP contribution in [-0.2, 0) is 0 Å². The third-order valence-electron chi connectivity index (χ3n) is 1.09. The van der Waals surface area contributed by atoms with E-state index in [-0.39, 0.29) is 5.75 Å². The number of aromatic amines is 1. The highest BCUT2D eigenvalue weighted by molar-refractivity contribution is 14.1. The molecule has 0 saturated carbocycles. The van der Waals surface area contributed by atoms with E-state index < -0.39 is 11.2 Å². The van der Waals surface area contributed by atoms with Crippen molar-refractivity contribution in [2.75, 3.05) is 7.11 Å². The van der Waals surface area contributed by atoms with Crippen LogP contribution in [0.3, 0.4) is 0 Å². The lowest BCUT2D eigenvalue weighted by molar-refractivity contribution is 0.405. The van der Waals surface area contributed by atoms with Crippen molar-refractivity contribution in [3.63, 3.8) is 0 Å². The Balaban J connectivity index is 3.45. The fourth-order valence-electron chi connectivity index (χ4n) is 0.578. The monoisotopic (exact) mass is 268 g/mol. The number of hydrogen-bond donors (Lipinski definition) is 1. The summed E-state index contributed by atoms with van der Waals surface area (Å²) >= 11 is 1.74. The van der Waals surface area contributed by atoms with Crippen molar-refractivity contribution in [1.82, 2.24) is 7.76 Å². The van der Waals surface area contributed by atoms with Crippen molar-refractivity contribution in [3.05, 3.63) is 27.0 Å². The molecule has 0 aromatic carbocycles. The summed E-state index contributed by atoms with van der Waals surface area (Å²) in [5, 5.41) is 0. The molecule has 0 bridgehead atoms. The van der Waals surface area contributed by atoms with Crippen molar-refractivity contribution in [2.45, 2.75) is 0 Å². The van der Waals surface area contributed by atoms with Crippen LogP contribution in [0, 0.1) is 0 Å². The zero-order chi connectivity index (χ0) is 8.43. The Kier molecular flexibility index (Phi) is 2.32.